The minimum atomic E-state index is 0.655. The molecule has 6 heteroatoms. The van der Waals surface area contributed by atoms with Gasteiger partial charge in [0.2, 0.25) is 0 Å². The van der Waals surface area contributed by atoms with E-state index in [0.717, 1.165) is 25.8 Å². The van der Waals surface area contributed by atoms with Gasteiger partial charge in [0, 0.05) is 16.6 Å². The molecule has 1 fully saturated rings. The van der Waals surface area contributed by atoms with Gasteiger partial charge in [0.1, 0.15) is 16.3 Å². The molecule has 3 aromatic heterocycles. The van der Waals surface area contributed by atoms with Crippen LogP contribution in [0.15, 0.2) is 29.0 Å². The van der Waals surface area contributed by atoms with Gasteiger partial charge in [-0.1, -0.05) is 11.3 Å². The third kappa shape index (κ3) is 1.67. The molecule has 1 saturated carbocycles. The van der Waals surface area contributed by atoms with Crippen molar-refractivity contribution in [3.05, 3.63) is 34.0 Å². The van der Waals surface area contributed by atoms with E-state index in [9.17, 15) is 0 Å². The Morgan fingerprint density at radius 1 is 1.28 bits per heavy atom. The summed E-state index contributed by atoms with van der Waals surface area (Å²) in [6, 6.07) is 3.97. The number of hydrogen-bond acceptors (Lipinski definition) is 4. The van der Waals surface area contributed by atoms with Crippen LogP contribution in [0.3, 0.4) is 0 Å². The zero-order valence-electron chi connectivity index (χ0n) is 9.38. The number of imidazole rings is 1. The molecule has 90 valence electrons. The van der Waals surface area contributed by atoms with Gasteiger partial charge in [-0.2, -0.15) is 0 Å². The number of rotatable bonds is 2. The Hall–Kier alpha value is -1.27. The van der Waals surface area contributed by atoms with E-state index < -0.39 is 0 Å². The molecule has 4 nitrogen and oxygen atoms in total. The largest absolute Gasteiger partial charge is 0.296 e. The minimum Gasteiger partial charge on any atom is -0.296 e. The van der Waals surface area contributed by atoms with Gasteiger partial charge in [-0.3, -0.25) is 4.40 Å². The number of fused-ring (bicyclic) bond motifs is 1. The van der Waals surface area contributed by atoms with Crippen molar-refractivity contribution in [3.8, 4) is 10.7 Å². The first-order chi connectivity index (χ1) is 8.81. The summed E-state index contributed by atoms with van der Waals surface area (Å²) in [5, 5.41) is 10.7. The maximum atomic E-state index is 4.39. The highest BCUT2D eigenvalue weighted by Gasteiger charge is 2.28. The fourth-order valence-corrected chi connectivity index (χ4v) is 3.30. The van der Waals surface area contributed by atoms with Crippen LogP contribution >= 0.6 is 27.3 Å². The highest BCUT2D eigenvalue weighted by Crippen LogP contribution is 2.42. The molecule has 0 bridgehead atoms. The smallest absolute Gasteiger partial charge is 0.166 e. The van der Waals surface area contributed by atoms with Crippen LogP contribution < -0.4 is 0 Å². The molecule has 0 aromatic carbocycles. The van der Waals surface area contributed by atoms with Gasteiger partial charge in [0.15, 0.2) is 5.01 Å². The van der Waals surface area contributed by atoms with Gasteiger partial charge >= 0.3 is 0 Å². The van der Waals surface area contributed by atoms with Gasteiger partial charge in [0.25, 0.3) is 0 Å². The zero-order chi connectivity index (χ0) is 12.1. The Balaban J connectivity index is 1.86. The van der Waals surface area contributed by atoms with Crippen molar-refractivity contribution >= 4 is 32.9 Å². The lowest BCUT2D eigenvalue weighted by atomic mass is 10.4. The van der Waals surface area contributed by atoms with E-state index in [1.807, 2.05) is 28.9 Å². The van der Waals surface area contributed by atoms with Crippen LogP contribution in [0.2, 0.25) is 0 Å². The van der Waals surface area contributed by atoms with Crippen LogP contribution in [0.25, 0.3) is 16.3 Å². The Kier molecular flexibility index (Phi) is 2.28. The summed E-state index contributed by atoms with van der Waals surface area (Å²) < 4.78 is 3.07. The first-order valence-corrected chi connectivity index (χ1v) is 7.38. The van der Waals surface area contributed by atoms with Crippen LogP contribution in [0.5, 0.6) is 0 Å². The lowest BCUT2D eigenvalue weighted by molar-refractivity contribution is 0.974. The number of aromatic nitrogens is 4. The maximum Gasteiger partial charge on any atom is 0.166 e. The highest BCUT2D eigenvalue weighted by atomic mass is 79.9. The average molecular weight is 321 g/mol. The van der Waals surface area contributed by atoms with E-state index in [2.05, 4.69) is 31.1 Å². The number of nitrogens with zero attached hydrogens (tertiary/aromatic N) is 4. The molecule has 0 saturated heterocycles. The standard InChI is InChI=1S/C12H9BrN4S/c13-8-3-4-10-14-5-9(17(10)6-8)12-16-15-11(18-12)7-1-2-7/h3-7H,1-2H2. The van der Waals surface area contributed by atoms with Crippen molar-refractivity contribution in [2.75, 3.05) is 0 Å². The van der Waals surface area contributed by atoms with Crippen molar-refractivity contribution in [1.82, 2.24) is 19.6 Å². The monoisotopic (exact) mass is 320 g/mol. The summed E-state index contributed by atoms with van der Waals surface area (Å²) >= 11 is 5.16. The molecular formula is C12H9BrN4S. The predicted molar refractivity (Wildman–Crippen MR) is 73.8 cm³/mol. The molecule has 0 atom stereocenters. The number of halogens is 1. The Morgan fingerprint density at radius 2 is 2.17 bits per heavy atom. The molecular weight excluding hydrogens is 312 g/mol. The van der Waals surface area contributed by atoms with Crippen molar-refractivity contribution in [2.45, 2.75) is 18.8 Å². The van der Waals surface area contributed by atoms with Gasteiger partial charge in [-0.25, -0.2) is 4.98 Å². The van der Waals surface area contributed by atoms with E-state index >= 15 is 0 Å². The summed E-state index contributed by atoms with van der Waals surface area (Å²) in [5.74, 6) is 0.655. The van der Waals surface area contributed by atoms with Crippen molar-refractivity contribution in [1.29, 1.82) is 0 Å². The second kappa shape index (κ2) is 3.86. The Labute approximate surface area is 116 Å². The molecule has 0 aliphatic heterocycles. The predicted octanol–water partition coefficient (Wildman–Crippen LogP) is 3.49. The lowest BCUT2D eigenvalue weighted by Gasteiger charge is -1.97. The molecule has 3 heterocycles. The summed E-state index contributed by atoms with van der Waals surface area (Å²) in [6.07, 6.45) is 6.38. The molecule has 4 rings (SSSR count). The fourth-order valence-electron chi connectivity index (χ4n) is 1.95. The average Bonchev–Trinajstić information content (AvgIpc) is 2.96. The van der Waals surface area contributed by atoms with E-state index in [-0.39, 0.29) is 0 Å². The summed E-state index contributed by atoms with van der Waals surface area (Å²) in [6.45, 7) is 0. The quantitative estimate of drug-likeness (QED) is 0.726. The van der Waals surface area contributed by atoms with E-state index in [4.69, 9.17) is 0 Å². The fraction of sp³-hybridized carbons (Fsp3) is 0.250. The van der Waals surface area contributed by atoms with Crippen LogP contribution in [0.1, 0.15) is 23.8 Å². The third-order valence-corrected chi connectivity index (χ3v) is 4.63. The highest BCUT2D eigenvalue weighted by molar-refractivity contribution is 9.10. The topological polar surface area (TPSA) is 43.1 Å². The molecule has 1 aliphatic carbocycles. The van der Waals surface area contributed by atoms with E-state index in [1.54, 1.807) is 11.3 Å². The molecule has 0 unspecified atom stereocenters. The molecule has 1 aliphatic rings. The van der Waals surface area contributed by atoms with Crippen LogP contribution in [-0.2, 0) is 0 Å². The molecule has 0 amide bonds. The second-order valence-electron chi connectivity index (χ2n) is 4.44. The first-order valence-electron chi connectivity index (χ1n) is 5.77. The molecule has 0 spiro atoms. The van der Waals surface area contributed by atoms with E-state index in [0.29, 0.717) is 5.92 Å². The molecule has 0 N–H and O–H groups in total. The molecule has 0 radical (unpaired) electrons. The second-order valence-corrected chi connectivity index (χ2v) is 6.36. The van der Waals surface area contributed by atoms with Gasteiger partial charge in [-0.15, -0.1) is 10.2 Å². The Bertz CT molecular complexity index is 729. The van der Waals surface area contributed by atoms with Crippen LogP contribution in [0, 0.1) is 0 Å². The molecule has 18 heavy (non-hydrogen) atoms. The first kappa shape index (κ1) is 10.6. The summed E-state index contributed by atoms with van der Waals surface area (Å²) in [5.41, 5.74) is 1.94. The van der Waals surface area contributed by atoms with Crippen molar-refractivity contribution in [2.24, 2.45) is 0 Å². The zero-order valence-corrected chi connectivity index (χ0v) is 11.8. The Morgan fingerprint density at radius 3 is 3.00 bits per heavy atom. The normalized spacial score (nSPS) is 15.4. The molecule has 3 aromatic rings. The summed E-state index contributed by atoms with van der Waals surface area (Å²) in [4.78, 5) is 4.39. The SMILES string of the molecule is Brc1ccc2ncc(-c3nnc(C4CC4)s3)n2c1. The minimum absolute atomic E-state index is 0.655. The van der Waals surface area contributed by atoms with Crippen LogP contribution in [0.4, 0.5) is 0 Å². The van der Waals surface area contributed by atoms with Crippen molar-refractivity contribution in [3.63, 3.8) is 0 Å². The lowest BCUT2D eigenvalue weighted by Crippen LogP contribution is -1.87. The van der Waals surface area contributed by atoms with Gasteiger partial charge in [-0.05, 0) is 40.9 Å². The van der Waals surface area contributed by atoms with E-state index in [1.165, 1.54) is 12.8 Å². The summed E-state index contributed by atoms with van der Waals surface area (Å²) in [7, 11) is 0. The van der Waals surface area contributed by atoms with Gasteiger partial charge < -0.3 is 0 Å². The number of pyridine rings is 1. The van der Waals surface area contributed by atoms with Crippen LogP contribution in [-0.4, -0.2) is 19.6 Å². The van der Waals surface area contributed by atoms with Crippen molar-refractivity contribution < 1.29 is 0 Å². The third-order valence-electron chi connectivity index (χ3n) is 3.06. The van der Waals surface area contributed by atoms with Gasteiger partial charge in [0.05, 0.1) is 6.20 Å². The maximum absolute atomic E-state index is 4.39. The number of hydrogen-bond donors (Lipinski definition) is 0.